The highest BCUT2D eigenvalue weighted by Gasteiger charge is 2.16. The van der Waals surface area contributed by atoms with Gasteiger partial charge in [0.25, 0.3) is 0 Å². The van der Waals surface area contributed by atoms with Crippen molar-refractivity contribution in [1.29, 1.82) is 0 Å². The van der Waals surface area contributed by atoms with E-state index in [-0.39, 0.29) is 0 Å². The second kappa shape index (κ2) is 7.71. The Morgan fingerprint density at radius 3 is 2.60 bits per heavy atom. The maximum Gasteiger partial charge on any atom is 0.0717 e. The first-order valence-corrected chi connectivity index (χ1v) is 9.32. The topological polar surface area (TPSA) is 25.0 Å². The summed E-state index contributed by atoms with van der Waals surface area (Å²) in [6.45, 7) is 1.43. The summed E-state index contributed by atoms with van der Waals surface area (Å²) in [5.74, 6) is 0. The minimum Gasteiger partial charge on any atom is -0.376 e. The van der Waals surface area contributed by atoms with E-state index >= 15 is 0 Å². The maximum atomic E-state index is 5.95. The van der Waals surface area contributed by atoms with Gasteiger partial charge in [0.1, 0.15) is 0 Å². The van der Waals surface area contributed by atoms with Crippen LogP contribution in [0.3, 0.4) is 0 Å². The van der Waals surface area contributed by atoms with Gasteiger partial charge in [0, 0.05) is 16.6 Å². The van der Waals surface area contributed by atoms with E-state index in [2.05, 4.69) is 59.6 Å². The van der Waals surface area contributed by atoms with Gasteiger partial charge in [-0.15, -0.1) is 0 Å². The summed E-state index contributed by atoms with van der Waals surface area (Å²) in [6.07, 6.45) is 8.37. The van der Waals surface area contributed by atoms with Crippen molar-refractivity contribution in [3.05, 3.63) is 77.5 Å². The number of aromatic nitrogens is 1. The Kier molecular flexibility index (Phi) is 4.98. The van der Waals surface area contributed by atoms with E-state index in [1.807, 2.05) is 6.07 Å². The molecule has 128 valence electrons. The zero-order valence-electron chi connectivity index (χ0n) is 14.6. The smallest absolute Gasteiger partial charge is 0.0717 e. The Labute approximate surface area is 149 Å². The van der Waals surface area contributed by atoms with Gasteiger partial charge in [-0.05, 0) is 54.9 Å². The van der Waals surface area contributed by atoms with Gasteiger partial charge in [-0.2, -0.15) is 0 Å². The SMILES string of the molecule is C1=C(c2[nH]c3ccccc3c2CCOCc2ccccc2)CCCC1. The highest BCUT2D eigenvalue weighted by molar-refractivity contribution is 5.89. The minimum atomic E-state index is 0.682. The molecule has 0 radical (unpaired) electrons. The van der Waals surface area contributed by atoms with Gasteiger partial charge in [0.15, 0.2) is 0 Å². The molecule has 2 nitrogen and oxygen atoms in total. The lowest BCUT2D eigenvalue weighted by Gasteiger charge is -2.14. The van der Waals surface area contributed by atoms with Crippen LogP contribution in [0.1, 0.15) is 42.5 Å². The Hall–Kier alpha value is -2.32. The van der Waals surface area contributed by atoms with Crippen molar-refractivity contribution in [2.45, 2.75) is 38.7 Å². The molecule has 3 aromatic rings. The van der Waals surface area contributed by atoms with Crippen LogP contribution in [0.4, 0.5) is 0 Å². The van der Waals surface area contributed by atoms with Gasteiger partial charge in [-0.1, -0.05) is 54.6 Å². The zero-order chi connectivity index (χ0) is 16.9. The van der Waals surface area contributed by atoms with Crippen LogP contribution in [0.25, 0.3) is 16.5 Å². The maximum absolute atomic E-state index is 5.95. The van der Waals surface area contributed by atoms with Crippen LogP contribution < -0.4 is 0 Å². The molecule has 1 aliphatic carbocycles. The summed E-state index contributed by atoms with van der Waals surface area (Å²) >= 11 is 0. The fourth-order valence-electron chi connectivity index (χ4n) is 3.74. The first-order chi connectivity index (χ1) is 12.4. The van der Waals surface area contributed by atoms with E-state index < -0.39 is 0 Å². The van der Waals surface area contributed by atoms with Gasteiger partial charge >= 0.3 is 0 Å². The molecule has 1 N–H and O–H groups in total. The van der Waals surface area contributed by atoms with Crippen molar-refractivity contribution in [1.82, 2.24) is 4.98 Å². The Balaban J connectivity index is 1.52. The summed E-state index contributed by atoms with van der Waals surface area (Å²) in [7, 11) is 0. The van der Waals surface area contributed by atoms with Crippen LogP contribution in [-0.4, -0.2) is 11.6 Å². The summed E-state index contributed by atoms with van der Waals surface area (Å²) in [5, 5.41) is 1.34. The molecule has 1 aliphatic rings. The number of allylic oxidation sites excluding steroid dienone is 2. The molecule has 0 atom stereocenters. The molecule has 4 rings (SSSR count). The van der Waals surface area contributed by atoms with Crippen LogP contribution in [0.5, 0.6) is 0 Å². The van der Waals surface area contributed by atoms with Crippen molar-refractivity contribution in [3.8, 4) is 0 Å². The van der Waals surface area contributed by atoms with Crippen molar-refractivity contribution >= 4 is 16.5 Å². The van der Waals surface area contributed by atoms with Gasteiger partial charge in [-0.25, -0.2) is 0 Å². The number of aromatic amines is 1. The summed E-state index contributed by atoms with van der Waals surface area (Å²) < 4.78 is 5.95. The number of hydrogen-bond acceptors (Lipinski definition) is 1. The average molecular weight is 331 g/mol. The first-order valence-electron chi connectivity index (χ1n) is 9.32. The molecule has 0 fully saturated rings. The molecule has 25 heavy (non-hydrogen) atoms. The molecule has 0 amide bonds. The number of rotatable bonds is 6. The summed E-state index contributed by atoms with van der Waals surface area (Å²) in [4.78, 5) is 3.67. The number of para-hydroxylation sites is 1. The Bertz CT molecular complexity index is 860. The lowest BCUT2D eigenvalue weighted by Crippen LogP contribution is -2.02. The standard InChI is InChI=1S/C23H25NO/c1-3-9-18(10-4-1)17-25-16-15-21-20-13-7-8-14-22(20)24-23(21)19-11-5-2-6-12-19/h1,3-4,7-11,13-14,24H,2,5-6,12,15-17H2. The van der Waals surface area contributed by atoms with Crippen LogP contribution in [0, 0.1) is 0 Å². The van der Waals surface area contributed by atoms with Gasteiger partial charge in [0.05, 0.1) is 13.2 Å². The quantitative estimate of drug-likeness (QED) is 0.560. The summed E-state index contributed by atoms with van der Waals surface area (Å²) in [6, 6.07) is 19.0. The molecule has 1 aromatic heterocycles. The van der Waals surface area contributed by atoms with Crippen LogP contribution in [-0.2, 0) is 17.8 Å². The number of hydrogen-bond donors (Lipinski definition) is 1. The molecule has 0 saturated heterocycles. The van der Waals surface area contributed by atoms with Gasteiger partial charge in [0.2, 0.25) is 0 Å². The molecule has 0 bridgehead atoms. The highest BCUT2D eigenvalue weighted by Crippen LogP contribution is 2.33. The molecular weight excluding hydrogens is 306 g/mol. The highest BCUT2D eigenvalue weighted by atomic mass is 16.5. The Morgan fingerprint density at radius 2 is 1.76 bits per heavy atom. The number of benzene rings is 2. The lowest BCUT2D eigenvalue weighted by atomic mass is 9.94. The average Bonchev–Trinajstić information content (AvgIpc) is 3.05. The molecule has 2 aromatic carbocycles. The van der Waals surface area contributed by atoms with E-state index in [4.69, 9.17) is 4.74 Å². The predicted octanol–water partition coefficient (Wildman–Crippen LogP) is 5.88. The van der Waals surface area contributed by atoms with Crippen LogP contribution >= 0.6 is 0 Å². The van der Waals surface area contributed by atoms with Crippen molar-refractivity contribution < 1.29 is 4.74 Å². The third-order valence-electron chi connectivity index (χ3n) is 5.03. The van der Waals surface area contributed by atoms with E-state index in [1.165, 1.54) is 59.0 Å². The largest absolute Gasteiger partial charge is 0.376 e. The summed E-state index contributed by atoms with van der Waals surface area (Å²) in [5.41, 5.74) is 6.71. The molecule has 0 aliphatic heterocycles. The number of H-pyrrole nitrogens is 1. The Morgan fingerprint density at radius 1 is 0.920 bits per heavy atom. The zero-order valence-corrected chi connectivity index (χ0v) is 14.6. The van der Waals surface area contributed by atoms with Crippen LogP contribution in [0.2, 0.25) is 0 Å². The minimum absolute atomic E-state index is 0.682. The lowest BCUT2D eigenvalue weighted by molar-refractivity contribution is 0.124. The number of ether oxygens (including phenoxy) is 1. The second-order valence-electron chi connectivity index (χ2n) is 6.79. The van der Waals surface area contributed by atoms with E-state index in [9.17, 15) is 0 Å². The van der Waals surface area contributed by atoms with E-state index in [0.717, 1.165) is 13.0 Å². The van der Waals surface area contributed by atoms with E-state index in [1.54, 1.807) is 0 Å². The molecule has 0 saturated carbocycles. The monoisotopic (exact) mass is 331 g/mol. The van der Waals surface area contributed by atoms with Crippen LogP contribution in [0.15, 0.2) is 60.7 Å². The fourth-order valence-corrected chi connectivity index (χ4v) is 3.74. The normalized spacial score (nSPS) is 14.6. The molecule has 0 unspecified atom stereocenters. The van der Waals surface area contributed by atoms with Gasteiger partial charge in [-0.3, -0.25) is 0 Å². The fraction of sp³-hybridized carbons (Fsp3) is 0.304. The second-order valence-corrected chi connectivity index (χ2v) is 6.79. The molecule has 2 heteroatoms. The number of fused-ring (bicyclic) bond motifs is 1. The van der Waals surface area contributed by atoms with Gasteiger partial charge < -0.3 is 9.72 Å². The van der Waals surface area contributed by atoms with Crippen molar-refractivity contribution in [2.75, 3.05) is 6.61 Å². The molecular formula is C23H25NO. The molecule has 0 spiro atoms. The first kappa shape index (κ1) is 16.2. The van der Waals surface area contributed by atoms with Crippen molar-refractivity contribution in [3.63, 3.8) is 0 Å². The third kappa shape index (κ3) is 3.69. The van der Waals surface area contributed by atoms with E-state index in [0.29, 0.717) is 6.61 Å². The van der Waals surface area contributed by atoms with Crippen molar-refractivity contribution in [2.24, 2.45) is 0 Å². The predicted molar refractivity (Wildman–Crippen MR) is 105 cm³/mol. The number of nitrogens with one attached hydrogen (secondary N) is 1. The molecule has 1 heterocycles. The third-order valence-corrected chi connectivity index (χ3v) is 5.03.